The van der Waals surface area contributed by atoms with E-state index in [9.17, 15) is 9.59 Å². The van der Waals surface area contributed by atoms with Gasteiger partial charge < -0.3 is 10.6 Å². The number of carbonyl (C=O) groups is 2. The fourth-order valence-electron chi connectivity index (χ4n) is 7.13. The van der Waals surface area contributed by atoms with Crippen molar-refractivity contribution < 1.29 is 9.59 Å². The van der Waals surface area contributed by atoms with E-state index in [0.717, 1.165) is 33.4 Å². The van der Waals surface area contributed by atoms with Gasteiger partial charge >= 0.3 is 0 Å². The maximum atomic E-state index is 14.9. The van der Waals surface area contributed by atoms with Gasteiger partial charge in [0.1, 0.15) is 10.8 Å². The van der Waals surface area contributed by atoms with Crippen LogP contribution in [0, 0.1) is 0 Å². The van der Waals surface area contributed by atoms with Gasteiger partial charge in [-0.15, -0.1) is 25.3 Å². The summed E-state index contributed by atoms with van der Waals surface area (Å²) in [5.74, 6) is -0.515. The molecule has 254 valence electrons. The third kappa shape index (κ3) is 6.21. The minimum atomic E-state index is -1.19. The normalized spacial score (nSPS) is 11.4. The van der Waals surface area contributed by atoms with Gasteiger partial charge in [0.05, 0.1) is 11.4 Å². The summed E-state index contributed by atoms with van der Waals surface area (Å²) in [5, 5.41) is 6.40. The maximum absolute atomic E-state index is 14.9. The highest BCUT2D eigenvalue weighted by Gasteiger charge is 2.45. The van der Waals surface area contributed by atoms with Crippen molar-refractivity contribution in [2.24, 2.45) is 0 Å². The summed E-state index contributed by atoms with van der Waals surface area (Å²) in [7, 11) is 0. The van der Waals surface area contributed by atoms with Crippen LogP contribution >= 0.6 is 25.3 Å². The Balaban J connectivity index is 1.30. The molecule has 52 heavy (non-hydrogen) atoms. The molecule has 6 heteroatoms. The van der Waals surface area contributed by atoms with E-state index in [0.29, 0.717) is 21.2 Å². The van der Waals surface area contributed by atoms with Crippen LogP contribution in [-0.2, 0) is 20.4 Å². The quantitative estimate of drug-likeness (QED) is 0.0843. The lowest BCUT2D eigenvalue weighted by Crippen LogP contribution is -2.43. The monoisotopic (exact) mass is 712 g/mol. The number of nitrogens with one attached hydrogen (secondary N) is 2. The van der Waals surface area contributed by atoms with Crippen molar-refractivity contribution in [3.05, 3.63) is 228 Å². The summed E-state index contributed by atoms with van der Waals surface area (Å²) in [4.78, 5) is 30.7. The first kappa shape index (κ1) is 34.6. The summed E-state index contributed by atoms with van der Waals surface area (Å²) in [6.07, 6.45) is 0. The van der Waals surface area contributed by atoms with E-state index in [4.69, 9.17) is 25.3 Å². The first-order valence-corrected chi connectivity index (χ1v) is 17.9. The first-order valence-electron chi connectivity index (χ1n) is 17.0. The Morgan fingerprint density at radius 2 is 0.519 bits per heavy atom. The van der Waals surface area contributed by atoms with Crippen molar-refractivity contribution in [2.75, 3.05) is 10.6 Å². The van der Waals surface area contributed by atoms with E-state index in [-0.39, 0.29) is 11.8 Å². The number of carbonyl (C=O) groups excluding carboxylic acids is 2. The Labute approximate surface area is 315 Å². The predicted octanol–water partition coefficient (Wildman–Crippen LogP) is 10.2. The van der Waals surface area contributed by atoms with Gasteiger partial charge in [-0.05, 0) is 45.5 Å². The number of hydrogen-bond acceptors (Lipinski definition) is 4. The molecule has 0 saturated heterocycles. The van der Waals surface area contributed by atoms with Gasteiger partial charge in [-0.25, -0.2) is 0 Å². The van der Waals surface area contributed by atoms with Crippen LogP contribution in [0.25, 0.3) is 0 Å². The van der Waals surface area contributed by atoms with E-state index in [1.807, 2.05) is 182 Å². The number of amides is 2. The lowest BCUT2D eigenvalue weighted by Gasteiger charge is -2.35. The van der Waals surface area contributed by atoms with Gasteiger partial charge in [-0.2, -0.15) is 0 Å². The van der Waals surface area contributed by atoms with Gasteiger partial charge in [0.2, 0.25) is 11.8 Å². The van der Waals surface area contributed by atoms with E-state index >= 15 is 0 Å². The zero-order chi connectivity index (χ0) is 36.0. The fraction of sp³-hybridized carbons (Fsp3) is 0.0435. The SMILES string of the molecule is O=C(Nc1ccc(NC(=O)C(c2ccccc2)(c2ccccc2)c2ccccc2)c(S)c1S)C(c1ccccc1)(c1ccccc1)c1ccccc1. The van der Waals surface area contributed by atoms with Crippen LogP contribution in [0.3, 0.4) is 0 Å². The fourth-order valence-corrected chi connectivity index (χ4v) is 7.63. The maximum Gasteiger partial charge on any atom is 0.244 e. The van der Waals surface area contributed by atoms with Crippen LogP contribution in [0.4, 0.5) is 11.4 Å². The van der Waals surface area contributed by atoms with Crippen LogP contribution in [-0.4, -0.2) is 11.8 Å². The Morgan fingerprint density at radius 1 is 0.327 bits per heavy atom. The minimum absolute atomic E-state index is 0.257. The molecule has 0 aliphatic rings. The molecular formula is C46H36N2O2S2. The van der Waals surface area contributed by atoms with Crippen molar-refractivity contribution in [3.63, 3.8) is 0 Å². The molecular weight excluding hydrogens is 677 g/mol. The molecule has 0 aliphatic heterocycles. The molecule has 7 aromatic carbocycles. The minimum Gasteiger partial charge on any atom is -0.324 e. The number of rotatable bonds is 10. The molecule has 0 radical (unpaired) electrons. The molecule has 4 nitrogen and oxygen atoms in total. The lowest BCUT2D eigenvalue weighted by molar-refractivity contribution is -0.119. The second-order valence-electron chi connectivity index (χ2n) is 12.5. The molecule has 0 saturated carbocycles. The second kappa shape index (κ2) is 15.2. The molecule has 0 heterocycles. The van der Waals surface area contributed by atoms with Gasteiger partial charge in [-0.1, -0.05) is 182 Å². The molecule has 2 N–H and O–H groups in total. The number of thiol groups is 2. The largest absolute Gasteiger partial charge is 0.324 e. The van der Waals surface area contributed by atoms with E-state index < -0.39 is 10.8 Å². The Morgan fingerprint density at radius 3 is 0.712 bits per heavy atom. The van der Waals surface area contributed by atoms with Gasteiger partial charge in [-0.3, -0.25) is 9.59 Å². The predicted molar refractivity (Wildman–Crippen MR) is 217 cm³/mol. The Hall–Kier alpha value is -5.82. The summed E-state index contributed by atoms with van der Waals surface area (Å²) in [6, 6.07) is 62.2. The highest BCUT2D eigenvalue weighted by Crippen LogP contribution is 2.44. The van der Waals surface area contributed by atoms with Crippen molar-refractivity contribution in [3.8, 4) is 0 Å². The molecule has 0 unspecified atom stereocenters. The van der Waals surface area contributed by atoms with Crippen molar-refractivity contribution in [1.82, 2.24) is 0 Å². The number of benzene rings is 7. The smallest absolute Gasteiger partial charge is 0.244 e. The third-order valence-electron chi connectivity index (χ3n) is 9.57. The van der Waals surface area contributed by atoms with Gasteiger partial charge in [0, 0.05) is 9.79 Å². The summed E-state index contributed by atoms with van der Waals surface area (Å²) in [5.41, 5.74) is 3.47. The highest BCUT2D eigenvalue weighted by molar-refractivity contribution is 7.83. The van der Waals surface area contributed by atoms with E-state index in [2.05, 4.69) is 10.6 Å². The average molecular weight is 713 g/mol. The third-order valence-corrected chi connectivity index (χ3v) is 10.7. The van der Waals surface area contributed by atoms with E-state index in [1.54, 1.807) is 12.1 Å². The van der Waals surface area contributed by atoms with Crippen LogP contribution in [0.5, 0.6) is 0 Å². The summed E-state index contributed by atoms with van der Waals surface area (Å²) < 4.78 is 0. The van der Waals surface area contributed by atoms with Gasteiger partial charge in [0.15, 0.2) is 0 Å². The standard InChI is InChI=1S/C46H36N2O2S2/c49-43(45(33-19-7-1-8-20-33,34-21-9-2-10-22-34)35-23-11-3-12-24-35)47-39-31-32-40(42(52)41(39)51)48-44(50)46(36-25-13-4-14-26-36,37-27-15-5-16-28-37)38-29-17-6-18-30-38/h1-32,51-52H,(H,47,49)(H,48,50). The zero-order valence-corrected chi connectivity index (χ0v) is 30.0. The lowest BCUT2D eigenvalue weighted by atomic mass is 9.68. The highest BCUT2D eigenvalue weighted by atomic mass is 32.1. The number of hydrogen-bond donors (Lipinski definition) is 4. The molecule has 2 amide bonds. The van der Waals surface area contributed by atoms with Crippen LogP contribution in [0.2, 0.25) is 0 Å². The molecule has 0 aliphatic carbocycles. The van der Waals surface area contributed by atoms with Gasteiger partial charge in [0.25, 0.3) is 0 Å². The zero-order valence-electron chi connectivity index (χ0n) is 28.2. The average Bonchev–Trinajstić information content (AvgIpc) is 3.21. The second-order valence-corrected chi connectivity index (χ2v) is 13.4. The summed E-state index contributed by atoms with van der Waals surface area (Å²) in [6.45, 7) is 0. The van der Waals surface area contributed by atoms with Crippen LogP contribution in [0.15, 0.2) is 204 Å². The molecule has 7 rings (SSSR count). The molecule has 0 bridgehead atoms. The van der Waals surface area contributed by atoms with Crippen LogP contribution < -0.4 is 10.6 Å². The van der Waals surface area contributed by atoms with Crippen molar-refractivity contribution >= 4 is 48.4 Å². The molecule has 0 aromatic heterocycles. The Bertz CT molecular complexity index is 1930. The van der Waals surface area contributed by atoms with E-state index in [1.165, 1.54) is 0 Å². The molecule has 0 atom stereocenters. The van der Waals surface area contributed by atoms with Crippen molar-refractivity contribution in [1.29, 1.82) is 0 Å². The molecule has 0 fully saturated rings. The number of anilines is 2. The van der Waals surface area contributed by atoms with Crippen LogP contribution in [0.1, 0.15) is 33.4 Å². The molecule has 0 spiro atoms. The summed E-state index contributed by atoms with van der Waals surface area (Å²) >= 11 is 9.75. The first-order chi connectivity index (χ1) is 25.5. The topological polar surface area (TPSA) is 58.2 Å². The Kier molecular flexibility index (Phi) is 10.1. The van der Waals surface area contributed by atoms with Crippen molar-refractivity contribution in [2.45, 2.75) is 20.6 Å². The molecule has 7 aromatic rings.